The highest BCUT2D eigenvalue weighted by Gasteiger charge is 1.97. The van der Waals surface area contributed by atoms with Crippen LogP contribution >= 0.6 is 0 Å². The zero-order chi connectivity index (χ0) is 8.97. The SMILES string of the molecule is CC.CC1=c2ccccc2=NC1. The van der Waals surface area contributed by atoms with Crippen LogP contribution in [-0.4, -0.2) is 6.54 Å². The molecule has 0 N–H and O–H groups in total. The lowest BCUT2D eigenvalue weighted by atomic mass is 10.2. The van der Waals surface area contributed by atoms with E-state index in [-0.39, 0.29) is 0 Å². The number of hydrogen-bond donors (Lipinski definition) is 0. The highest BCUT2D eigenvalue weighted by Crippen LogP contribution is 1.92. The van der Waals surface area contributed by atoms with E-state index in [4.69, 9.17) is 0 Å². The average molecular weight is 161 g/mol. The van der Waals surface area contributed by atoms with Crippen molar-refractivity contribution in [1.82, 2.24) is 0 Å². The van der Waals surface area contributed by atoms with Gasteiger partial charge < -0.3 is 0 Å². The first kappa shape index (κ1) is 8.98. The molecule has 0 aliphatic carbocycles. The summed E-state index contributed by atoms with van der Waals surface area (Å²) in [7, 11) is 0. The summed E-state index contributed by atoms with van der Waals surface area (Å²) < 4.78 is 0. The largest absolute Gasteiger partial charge is 0.280 e. The van der Waals surface area contributed by atoms with E-state index in [9.17, 15) is 0 Å². The molecule has 12 heavy (non-hydrogen) atoms. The van der Waals surface area contributed by atoms with Gasteiger partial charge in [-0.2, -0.15) is 0 Å². The molecule has 1 heterocycles. The third-order valence-electron chi connectivity index (χ3n) is 1.85. The van der Waals surface area contributed by atoms with Crippen molar-refractivity contribution in [1.29, 1.82) is 0 Å². The molecule has 1 aliphatic heterocycles. The maximum absolute atomic E-state index is 4.34. The fraction of sp³-hybridized carbons (Fsp3) is 0.364. The van der Waals surface area contributed by atoms with Gasteiger partial charge in [0.15, 0.2) is 0 Å². The normalized spacial score (nSPS) is 12.8. The predicted molar refractivity (Wildman–Crippen MR) is 52.5 cm³/mol. The molecular formula is C11H15N. The lowest BCUT2D eigenvalue weighted by molar-refractivity contribution is 1.20. The number of fused-ring (bicyclic) bond motifs is 1. The van der Waals surface area contributed by atoms with Gasteiger partial charge in [0, 0.05) is 5.22 Å². The van der Waals surface area contributed by atoms with Crippen LogP contribution in [0.3, 0.4) is 0 Å². The first-order valence-electron chi connectivity index (χ1n) is 4.47. The molecule has 64 valence electrons. The third-order valence-corrected chi connectivity index (χ3v) is 1.85. The van der Waals surface area contributed by atoms with Crippen LogP contribution in [0.25, 0.3) is 5.57 Å². The van der Waals surface area contributed by atoms with Crippen molar-refractivity contribution < 1.29 is 0 Å². The zero-order valence-corrected chi connectivity index (χ0v) is 7.96. The van der Waals surface area contributed by atoms with Crippen LogP contribution in [-0.2, 0) is 0 Å². The van der Waals surface area contributed by atoms with Gasteiger partial charge in [0.05, 0.1) is 11.9 Å². The Balaban J connectivity index is 0.000000336. The van der Waals surface area contributed by atoms with Gasteiger partial charge in [-0.3, -0.25) is 4.99 Å². The molecule has 2 rings (SSSR count). The maximum atomic E-state index is 4.34. The van der Waals surface area contributed by atoms with Crippen molar-refractivity contribution in [2.24, 2.45) is 4.99 Å². The summed E-state index contributed by atoms with van der Waals surface area (Å²) in [5.41, 5.74) is 1.38. The molecular weight excluding hydrogens is 146 g/mol. The van der Waals surface area contributed by atoms with Crippen molar-refractivity contribution in [2.45, 2.75) is 20.8 Å². The van der Waals surface area contributed by atoms with Crippen molar-refractivity contribution in [3.05, 3.63) is 34.8 Å². The Morgan fingerprint density at radius 3 is 2.50 bits per heavy atom. The monoisotopic (exact) mass is 161 g/mol. The molecule has 1 heteroatoms. The molecule has 0 atom stereocenters. The van der Waals surface area contributed by atoms with Crippen molar-refractivity contribution in [3.8, 4) is 0 Å². The predicted octanol–water partition coefficient (Wildman–Crippen LogP) is 1.52. The summed E-state index contributed by atoms with van der Waals surface area (Å²) >= 11 is 0. The van der Waals surface area contributed by atoms with E-state index >= 15 is 0 Å². The summed E-state index contributed by atoms with van der Waals surface area (Å²) in [6, 6.07) is 8.27. The zero-order valence-electron chi connectivity index (χ0n) is 7.96. The van der Waals surface area contributed by atoms with Gasteiger partial charge in [-0.05, 0) is 18.6 Å². The van der Waals surface area contributed by atoms with Crippen LogP contribution in [0.15, 0.2) is 29.3 Å². The number of para-hydroxylation sites is 1. The molecule has 0 fully saturated rings. The molecule has 0 saturated carbocycles. The molecule has 0 amide bonds. The third kappa shape index (κ3) is 1.55. The Bertz CT molecular complexity index is 363. The maximum Gasteiger partial charge on any atom is 0.0650 e. The van der Waals surface area contributed by atoms with E-state index in [0.717, 1.165) is 11.9 Å². The number of nitrogens with zero attached hydrogens (tertiary/aromatic N) is 1. The van der Waals surface area contributed by atoms with E-state index in [0.29, 0.717) is 0 Å². The first-order valence-corrected chi connectivity index (χ1v) is 4.47. The molecule has 1 nitrogen and oxygen atoms in total. The molecule has 1 aromatic rings. The second kappa shape index (κ2) is 4.05. The average Bonchev–Trinajstić information content (AvgIpc) is 2.53. The van der Waals surface area contributed by atoms with Crippen LogP contribution < -0.4 is 10.6 Å². The minimum absolute atomic E-state index is 0.888. The summed E-state index contributed by atoms with van der Waals surface area (Å²) in [5, 5.41) is 2.47. The summed E-state index contributed by atoms with van der Waals surface area (Å²) in [4.78, 5) is 4.34. The van der Waals surface area contributed by atoms with Gasteiger partial charge in [-0.25, -0.2) is 0 Å². The van der Waals surface area contributed by atoms with Gasteiger partial charge in [-0.1, -0.05) is 32.0 Å². The van der Waals surface area contributed by atoms with Gasteiger partial charge in [0.2, 0.25) is 0 Å². The number of hydrogen-bond acceptors (Lipinski definition) is 1. The molecule has 0 aromatic heterocycles. The fourth-order valence-electron chi connectivity index (χ4n) is 1.26. The minimum atomic E-state index is 0.888. The molecule has 0 spiro atoms. The fourth-order valence-corrected chi connectivity index (χ4v) is 1.26. The Kier molecular flexibility index (Phi) is 3.03. The number of rotatable bonds is 0. The standard InChI is InChI=1S/C9H9N.C2H6/c1-7-6-10-9-5-3-2-4-8(7)9;1-2/h2-5H,6H2,1H3;1-2H3. The summed E-state index contributed by atoms with van der Waals surface area (Å²) in [6.45, 7) is 7.02. The number of benzene rings is 1. The van der Waals surface area contributed by atoms with Crippen LogP contribution in [0.5, 0.6) is 0 Å². The Morgan fingerprint density at radius 1 is 1.17 bits per heavy atom. The second-order valence-corrected chi connectivity index (χ2v) is 2.61. The second-order valence-electron chi connectivity index (χ2n) is 2.61. The van der Waals surface area contributed by atoms with E-state index in [1.807, 2.05) is 19.9 Å². The van der Waals surface area contributed by atoms with Crippen LogP contribution in [0.1, 0.15) is 20.8 Å². The molecule has 0 radical (unpaired) electrons. The quantitative estimate of drug-likeness (QED) is 0.547. The van der Waals surface area contributed by atoms with Crippen LogP contribution in [0.4, 0.5) is 0 Å². The minimum Gasteiger partial charge on any atom is -0.280 e. The molecule has 0 bridgehead atoms. The van der Waals surface area contributed by atoms with Crippen LogP contribution in [0, 0.1) is 0 Å². The lowest BCUT2D eigenvalue weighted by Crippen LogP contribution is -2.21. The van der Waals surface area contributed by atoms with E-state index < -0.39 is 0 Å². The van der Waals surface area contributed by atoms with Gasteiger partial charge in [0.1, 0.15) is 0 Å². The van der Waals surface area contributed by atoms with Gasteiger partial charge >= 0.3 is 0 Å². The summed E-state index contributed by atoms with van der Waals surface area (Å²) in [6.07, 6.45) is 0. The van der Waals surface area contributed by atoms with Crippen molar-refractivity contribution >= 4 is 5.57 Å². The molecule has 0 unspecified atom stereocenters. The lowest BCUT2D eigenvalue weighted by Gasteiger charge is -1.83. The van der Waals surface area contributed by atoms with Crippen molar-refractivity contribution in [3.63, 3.8) is 0 Å². The van der Waals surface area contributed by atoms with Crippen LogP contribution in [0.2, 0.25) is 0 Å². The summed E-state index contributed by atoms with van der Waals surface area (Å²) in [5.74, 6) is 0. The molecule has 1 aliphatic rings. The Hall–Kier alpha value is -1.11. The van der Waals surface area contributed by atoms with Crippen molar-refractivity contribution in [2.75, 3.05) is 6.54 Å². The Labute approximate surface area is 73.5 Å². The molecule has 1 aromatic carbocycles. The molecule has 0 saturated heterocycles. The first-order chi connectivity index (χ1) is 5.88. The smallest absolute Gasteiger partial charge is 0.0650 e. The van der Waals surface area contributed by atoms with Gasteiger partial charge in [0.25, 0.3) is 0 Å². The van der Waals surface area contributed by atoms with E-state index in [1.54, 1.807) is 0 Å². The Morgan fingerprint density at radius 2 is 1.83 bits per heavy atom. The topological polar surface area (TPSA) is 12.4 Å². The highest BCUT2D eigenvalue weighted by molar-refractivity contribution is 5.45. The van der Waals surface area contributed by atoms with E-state index in [1.165, 1.54) is 10.8 Å². The van der Waals surface area contributed by atoms with Gasteiger partial charge in [-0.15, -0.1) is 0 Å². The highest BCUT2D eigenvalue weighted by atomic mass is 14.7. The van der Waals surface area contributed by atoms with E-state index in [2.05, 4.69) is 30.1 Å².